The molecule has 4 N–H and O–H groups in total. The van der Waals surface area contributed by atoms with Gasteiger partial charge in [-0.1, -0.05) is 101 Å². The van der Waals surface area contributed by atoms with Crippen LogP contribution in [0.5, 0.6) is 17.2 Å². The minimum atomic E-state index is -0.725. The second kappa shape index (κ2) is 15.6. The first kappa shape index (κ1) is 31.6. The van der Waals surface area contributed by atoms with Crippen molar-refractivity contribution in [3.05, 3.63) is 114 Å². The van der Waals surface area contributed by atoms with E-state index in [1.165, 1.54) is 29.4 Å². The standard InChI is InChI=1S/C15H13NO2.C8H10O.C7H8O2.2CH4/c16-15(17)18-9-14-12-7-3-1-5-10(12)11-6-2-4-8-13(11)14;1-2-7-5-3-4-6-8(7)9;1-9-7-5-3-2-4-6(7)8;;/h1-8,14H,9H2,(H2,16,17);3-6,9H,2H2,1H3;2-5,8H,1H3;2*1H4. The number of methoxy groups -OCH3 is 1. The van der Waals surface area contributed by atoms with E-state index in [-0.39, 0.29) is 26.5 Å². The molecule has 1 aliphatic rings. The summed E-state index contributed by atoms with van der Waals surface area (Å²) >= 11 is 0. The molecule has 0 radical (unpaired) electrons. The van der Waals surface area contributed by atoms with Crippen LogP contribution in [0.15, 0.2) is 97.1 Å². The van der Waals surface area contributed by atoms with Gasteiger partial charge >= 0.3 is 6.09 Å². The second-order valence-electron chi connectivity index (χ2n) is 8.01. The van der Waals surface area contributed by atoms with E-state index in [1.807, 2.05) is 49.4 Å². The highest BCUT2D eigenvalue weighted by atomic mass is 16.5. The molecule has 0 fully saturated rings. The summed E-state index contributed by atoms with van der Waals surface area (Å²) in [7, 11) is 1.52. The van der Waals surface area contributed by atoms with Crippen LogP contribution in [0.2, 0.25) is 0 Å². The lowest BCUT2D eigenvalue weighted by molar-refractivity contribution is 0.153. The van der Waals surface area contributed by atoms with E-state index in [2.05, 4.69) is 24.3 Å². The van der Waals surface area contributed by atoms with Crippen LogP contribution < -0.4 is 10.5 Å². The van der Waals surface area contributed by atoms with Gasteiger partial charge in [0.05, 0.1) is 7.11 Å². The zero-order valence-corrected chi connectivity index (χ0v) is 20.4. The number of carbonyl (C=O) groups excluding carboxylic acids is 1. The average molecular weight is 518 g/mol. The fourth-order valence-corrected chi connectivity index (χ4v) is 4.04. The number of primary amides is 1. The third kappa shape index (κ3) is 8.03. The molecule has 1 aliphatic carbocycles. The van der Waals surface area contributed by atoms with Gasteiger partial charge < -0.3 is 25.4 Å². The third-order valence-corrected chi connectivity index (χ3v) is 5.81. The molecule has 6 heteroatoms. The molecule has 0 spiro atoms. The van der Waals surface area contributed by atoms with E-state index in [0.717, 1.165) is 12.0 Å². The van der Waals surface area contributed by atoms with E-state index in [0.29, 0.717) is 18.1 Å². The Labute approximate surface area is 226 Å². The molecule has 6 nitrogen and oxygen atoms in total. The van der Waals surface area contributed by atoms with Gasteiger partial charge in [0.2, 0.25) is 0 Å². The summed E-state index contributed by atoms with van der Waals surface area (Å²) in [5, 5.41) is 18.1. The Morgan fingerprint density at radius 2 is 1.24 bits per heavy atom. The SMILES string of the molecule is C.C.CCc1ccccc1O.COc1ccccc1O.NC(=O)OCC1c2ccccc2-c2ccccc21. The number of aryl methyl sites for hydroxylation is 1. The number of nitrogens with two attached hydrogens (primary N) is 1. The lowest BCUT2D eigenvalue weighted by Crippen LogP contribution is -2.17. The van der Waals surface area contributed by atoms with Crippen LogP contribution in [0.3, 0.4) is 0 Å². The smallest absolute Gasteiger partial charge is 0.404 e. The van der Waals surface area contributed by atoms with Gasteiger partial charge in [-0.25, -0.2) is 4.79 Å². The summed E-state index contributed by atoms with van der Waals surface area (Å²) in [4.78, 5) is 10.8. The maximum Gasteiger partial charge on any atom is 0.404 e. The van der Waals surface area contributed by atoms with Crippen molar-refractivity contribution < 1.29 is 24.5 Å². The number of rotatable bonds is 4. The Balaban J connectivity index is 0.000000308. The Morgan fingerprint density at radius 1 is 0.763 bits per heavy atom. The number of ether oxygens (including phenoxy) is 2. The van der Waals surface area contributed by atoms with Crippen LogP contribution in [-0.4, -0.2) is 30.0 Å². The molecule has 0 saturated carbocycles. The lowest BCUT2D eigenvalue weighted by Gasteiger charge is -2.12. The number of phenolic OH excluding ortho intramolecular Hbond substituents is 2. The van der Waals surface area contributed by atoms with E-state index >= 15 is 0 Å². The highest BCUT2D eigenvalue weighted by Crippen LogP contribution is 2.44. The number of fused-ring (bicyclic) bond motifs is 3. The van der Waals surface area contributed by atoms with E-state index in [9.17, 15) is 4.79 Å². The van der Waals surface area contributed by atoms with Crippen LogP contribution in [0.1, 0.15) is 44.4 Å². The van der Waals surface area contributed by atoms with Crippen LogP contribution in [0, 0.1) is 0 Å². The second-order valence-corrected chi connectivity index (χ2v) is 8.01. The van der Waals surface area contributed by atoms with Gasteiger partial charge in [0.15, 0.2) is 11.5 Å². The molecule has 1 amide bonds. The fraction of sp³-hybridized carbons (Fsp3) is 0.219. The zero-order valence-electron chi connectivity index (χ0n) is 20.4. The lowest BCUT2D eigenvalue weighted by atomic mass is 9.98. The van der Waals surface area contributed by atoms with Crippen LogP contribution in [0.4, 0.5) is 4.79 Å². The molecule has 0 bridgehead atoms. The quantitative estimate of drug-likeness (QED) is 0.260. The van der Waals surface area contributed by atoms with Crippen molar-refractivity contribution in [3.8, 4) is 28.4 Å². The number of hydrogen-bond acceptors (Lipinski definition) is 5. The normalized spacial score (nSPS) is 10.5. The fourth-order valence-electron chi connectivity index (χ4n) is 4.04. The predicted octanol–water partition coefficient (Wildman–Crippen LogP) is 7.52. The minimum Gasteiger partial charge on any atom is -0.508 e. The number of benzene rings is 4. The molecule has 0 atom stereocenters. The summed E-state index contributed by atoms with van der Waals surface area (Å²) in [6.45, 7) is 2.32. The number of hydrogen-bond donors (Lipinski definition) is 3. The highest BCUT2D eigenvalue weighted by molar-refractivity contribution is 5.79. The Bertz CT molecular complexity index is 1200. The summed E-state index contributed by atoms with van der Waals surface area (Å²) in [6.07, 6.45) is 0.170. The molecule has 202 valence electrons. The first-order valence-corrected chi connectivity index (χ1v) is 11.7. The molecular weight excluding hydrogens is 478 g/mol. The molecule has 5 rings (SSSR count). The largest absolute Gasteiger partial charge is 0.508 e. The van der Waals surface area contributed by atoms with Crippen molar-refractivity contribution in [2.24, 2.45) is 5.73 Å². The molecule has 0 unspecified atom stereocenters. The molecule has 0 aromatic heterocycles. The van der Waals surface area contributed by atoms with Crippen molar-refractivity contribution in [3.63, 3.8) is 0 Å². The maximum absolute atomic E-state index is 10.8. The van der Waals surface area contributed by atoms with Crippen molar-refractivity contribution in [2.75, 3.05) is 13.7 Å². The Hall–Kier alpha value is -4.45. The molecule has 4 aromatic rings. The van der Waals surface area contributed by atoms with Gasteiger partial charge in [0.1, 0.15) is 12.4 Å². The van der Waals surface area contributed by atoms with Crippen molar-refractivity contribution in [1.82, 2.24) is 0 Å². The Kier molecular flexibility index (Phi) is 13.0. The van der Waals surface area contributed by atoms with Crippen LogP contribution >= 0.6 is 0 Å². The van der Waals surface area contributed by atoms with Gasteiger partial charge in [0, 0.05) is 5.92 Å². The molecular formula is C32H39NO5. The van der Waals surface area contributed by atoms with Crippen LogP contribution in [0.25, 0.3) is 11.1 Å². The van der Waals surface area contributed by atoms with Gasteiger partial charge in [-0.3, -0.25) is 0 Å². The van der Waals surface area contributed by atoms with Gasteiger partial charge in [-0.15, -0.1) is 0 Å². The number of aromatic hydroxyl groups is 2. The predicted molar refractivity (Wildman–Crippen MR) is 155 cm³/mol. The molecule has 38 heavy (non-hydrogen) atoms. The maximum atomic E-state index is 10.8. The zero-order chi connectivity index (χ0) is 25.9. The van der Waals surface area contributed by atoms with Crippen LogP contribution in [-0.2, 0) is 11.2 Å². The number of phenols is 2. The number of para-hydroxylation sites is 3. The first-order valence-electron chi connectivity index (χ1n) is 11.7. The minimum absolute atomic E-state index is 0. The van der Waals surface area contributed by atoms with Gasteiger partial charge in [0.25, 0.3) is 0 Å². The Morgan fingerprint density at radius 3 is 1.66 bits per heavy atom. The molecule has 0 heterocycles. The topological polar surface area (TPSA) is 102 Å². The first-order chi connectivity index (χ1) is 17.5. The number of amides is 1. The summed E-state index contributed by atoms with van der Waals surface area (Å²) in [5.74, 6) is 1.18. The van der Waals surface area contributed by atoms with Gasteiger partial charge in [-0.05, 0) is 52.4 Å². The van der Waals surface area contributed by atoms with E-state index in [1.54, 1.807) is 30.3 Å². The summed E-state index contributed by atoms with van der Waals surface area (Å²) < 4.78 is 9.77. The van der Waals surface area contributed by atoms with Crippen molar-refractivity contribution in [2.45, 2.75) is 34.1 Å². The third-order valence-electron chi connectivity index (χ3n) is 5.81. The monoisotopic (exact) mass is 517 g/mol. The molecule has 0 saturated heterocycles. The van der Waals surface area contributed by atoms with Crippen molar-refractivity contribution >= 4 is 6.09 Å². The van der Waals surface area contributed by atoms with Crippen molar-refractivity contribution in [1.29, 1.82) is 0 Å². The number of carbonyl (C=O) groups is 1. The highest BCUT2D eigenvalue weighted by Gasteiger charge is 2.28. The van der Waals surface area contributed by atoms with E-state index in [4.69, 9.17) is 25.4 Å². The van der Waals surface area contributed by atoms with Gasteiger partial charge in [-0.2, -0.15) is 0 Å². The molecule has 0 aliphatic heterocycles. The van der Waals surface area contributed by atoms with E-state index < -0.39 is 6.09 Å². The summed E-state index contributed by atoms with van der Waals surface area (Å²) in [5.41, 5.74) is 10.9. The summed E-state index contributed by atoms with van der Waals surface area (Å²) in [6, 6.07) is 30.6. The average Bonchev–Trinajstić information content (AvgIpc) is 3.22. The molecule has 4 aromatic carbocycles.